The van der Waals surface area contributed by atoms with E-state index < -0.39 is 0 Å². The van der Waals surface area contributed by atoms with Crippen molar-refractivity contribution >= 4 is 17.2 Å². The van der Waals surface area contributed by atoms with Gasteiger partial charge in [0.25, 0.3) is 0 Å². The molecule has 0 amide bonds. The van der Waals surface area contributed by atoms with Crippen molar-refractivity contribution in [3.8, 4) is 5.75 Å². The fourth-order valence-electron chi connectivity index (χ4n) is 2.39. The molecule has 112 valence electrons. The van der Waals surface area contributed by atoms with Crippen molar-refractivity contribution in [3.05, 3.63) is 53.9 Å². The molecule has 2 aromatic heterocycles. The van der Waals surface area contributed by atoms with Crippen LogP contribution in [-0.2, 0) is 0 Å². The van der Waals surface area contributed by atoms with E-state index in [0.29, 0.717) is 12.3 Å². The first-order valence-electron chi connectivity index (χ1n) is 7.29. The summed E-state index contributed by atoms with van der Waals surface area (Å²) >= 11 is 0. The number of imidazole rings is 1. The van der Waals surface area contributed by atoms with Gasteiger partial charge in [0.15, 0.2) is 5.82 Å². The zero-order valence-electron chi connectivity index (χ0n) is 12.9. The molecule has 3 aromatic rings. The number of aromatic nitrogens is 2. The molecule has 3 rings (SSSR count). The average molecular weight is 294 g/mol. The number of pyridine rings is 1. The number of nitrogens with zero attached hydrogens (tertiary/aromatic N) is 4. The Hall–Kier alpha value is -2.69. The van der Waals surface area contributed by atoms with Gasteiger partial charge in [0.05, 0.1) is 12.3 Å². The van der Waals surface area contributed by atoms with Crippen molar-refractivity contribution in [1.29, 1.82) is 0 Å². The molecule has 0 saturated heterocycles. The summed E-state index contributed by atoms with van der Waals surface area (Å²) in [6, 6.07) is 13.6. The molecule has 0 N–H and O–H groups in total. The van der Waals surface area contributed by atoms with Gasteiger partial charge < -0.3 is 4.74 Å². The van der Waals surface area contributed by atoms with Gasteiger partial charge in [-0.05, 0) is 45.0 Å². The van der Waals surface area contributed by atoms with Gasteiger partial charge in [0.2, 0.25) is 0 Å². The molecule has 0 fully saturated rings. The van der Waals surface area contributed by atoms with Gasteiger partial charge in [-0.15, -0.1) is 10.2 Å². The summed E-state index contributed by atoms with van der Waals surface area (Å²) < 4.78 is 7.57. The van der Waals surface area contributed by atoms with Gasteiger partial charge in [-0.3, -0.25) is 4.40 Å². The van der Waals surface area contributed by atoms with E-state index in [0.717, 1.165) is 28.6 Å². The number of fused-ring (bicyclic) bond motifs is 1. The smallest absolute Gasteiger partial charge is 0.182 e. The van der Waals surface area contributed by atoms with Gasteiger partial charge >= 0.3 is 0 Å². The lowest BCUT2D eigenvalue weighted by Gasteiger charge is -2.05. The molecule has 2 heterocycles. The highest BCUT2D eigenvalue weighted by Crippen LogP contribution is 2.30. The Bertz CT molecular complexity index is 836. The molecule has 0 atom stereocenters. The topological polar surface area (TPSA) is 51.2 Å². The van der Waals surface area contributed by atoms with E-state index in [1.54, 1.807) is 0 Å². The maximum Gasteiger partial charge on any atom is 0.182 e. The lowest BCUT2D eigenvalue weighted by Crippen LogP contribution is -1.91. The third kappa shape index (κ3) is 2.57. The van der Waals surface area contributed by atoms with Crippen LogP contribution in [0, 0.1) is 13.8 Å². The van der Waals surface area contributed by atoms with E-state index in [2.05, 4.69) is 15.2 Å². The summed E-state index contributed by atoms with van der Waals surface area (Å²) in [5.41, 5.74) is 3.52. The second-order valence-corrected chi connectivity index (χ2v) is 4.98. The van der Waals surface area contributed by atoms with E-state index in [4.69, 9.17) is 4.74 Å². The lowest BCUT2D eigenvalue weighted by atomic mass is 10.3. The van der Waals surface area contributed by atoms with Gasteiger partial charge in [-0.2, -0.15) is 0 Å². The summed E-state index contributed by atoms with van der Waals surface area (Å²) in [5.74, 6) is 1.48. The molecule has 0 aliphatic carbocycles. The minimum Gasteiger partial charge on any atom is -0.492 e. The second-order valence-electron chi connectivity index (χ2n) is 4.98. The predicted octanol–water partition coefficient (Wildman–Crippen LogP) is 4.77. The fourth-order valence-corrected chi connectivity index (χ4v) is 2.39. The van der Waals surface area contributed by atoms with E-state index in [1.165, 1.54) is 0 Å². The van der Waals surface area contributed by atoms with E-state index in [1.807, 2.05) is 67.6 Å². The second kappa shape index (κ2) is 5.97. The maximum atomic E-state index is 5.57. The van der Waals surface area contributed by atoms with Crippen LogP contribution in [0.3, 0.4) is 0 Å². The molecule has 5 nitrogen and oxygen atoms in total. The zero-order chi connectivity index (χ0) is 15.5. The summed E-state index contributed by atoms with van der Waals surface area (Å²) in [4.78, 5) is 4.52. The molecule has 0 saturated carbocycles. The predicted molar refractivity (Wildman–Crippen MR) is 86.5 cm³/mol. The van der Waals surface area contributed by atoms with Crippen LogP contribution in [0.2, 0.25) is 0 Å². The SMILES string of the molecule is CCOc1ccccc1N=Nc1c(C)nc2cccc(C)n12. The van der Waals surface area contributed by atoms with Crippen molar-refractivity contribution in [2.75, 3.05) is 6.61 Å². The monoisotopic (exact) mass is 294 g/mol. The number of aryl methyl sites for hydroxylation is 2. The Morgan fingerprint density at radius 3 is 2.68 bits per heavy atom. The highest BCUT2D eigenvalue weighted by molar-refractivity contribution is 5.54. The molecule has 0 aliphatic heterocycles. The van der Waals surface area contributed by atoms with Crippen LogP contribution in [-0.4, -0.2) is 16.0 Å². The number of rotatable bonds is 4. The highest BCUT2D eigenvalue weighted by Gasteiger charge is 2.10. The van der Waals surface area contributed by atoms with E-state index >= 15 is 0 Å². The van der Waals surface area contributed by atoms with Crippen LogP contribution >= 0.6 is 0 Å². The van der Waals surface area contributed by atoms with Crippen LogP contribution < -0.4 is 4.74 Å². The van der Waals surface area contributed by atoms with Crippen LogP contribution in [0.4, 0.5) is 11.5 Å². The minimum atomic E-state index is 0.598. The molecule has 22 heavy (non-hydrogen) atoms. The third-order valence-corrected chi connectivity index (χ3v) is 3.40. The molecule has 5 heteroatoms. The quantitative estimate of drug-likeness (QED) is 0.651. The highest BCUT2D eigenvalue weighted by atomic mass is 16.5. The summed E-state index contributed by atoms with van der Waals surface area (Å²) in [5, 5.41) is 8.77. The Morgan fingerprint density at radius 1 is 1.05 bits per heavy atom. The standard InChI is InChI=1S/C17H18N4O/c1-4-22-15-10-6-5-9-14(15)19-20-17-13(3)18-16-11-7-8-12(2)21(16)17/h5-11H,4H2,1-3H3. The fraction of sp³-hybridized carbons (Fsp3) is 0.235. The van der Waals surface area contributed by atoms with Gasteiger partial charge in [0.1, 0.15) is 17.1 Å². The summed E-state index contributed by atoms with van der Waals surface area (Å²) in [6.45, 7) is 6.52. The normalized spacial score (nSPS) is 11.4. The molecule has 0 unspecified atom stereocenters. The molecule has 0 spiro atoms. The number of ether oxygens (including phenoxy) is 1. The largest absolute Gasteiger partial charge is 0.492 e. The molecular formula is C17H18N4O. The third-order valence-electron chi connectivity index (χ3n) is 3.40. The Balaban J connectivity index is 2.05. The Kier molecular flexibility index (Phi) is 3.87. The zero-order valence-corrected chi connectivity index (χ0v) is 12.9. The summed E-state index contributed by atoms with van der Waals surface area (Å²) in [6.07, 6.45) is 0. The molecular weight excluding hydrogens is 276 g/mol. The van der Waals surface area contributed by atoms with Gasteiger partial charge in [-0.1, -0.05) is 18.2 Å². The van der Waals surface area contributed by atoms with Gasteiger partial charge in [-0.25, -0.2) is 4.98 Å². The van der Waals surface area contributed by atoms with Crippen molar-refractivity contribution in [2.24, 2.45) is 10.2 Å². The Morgan fingerprint density at radius 2 is 1.86 bits per heavy atom. The number of azo groups is 1. The van der Waals surface area contributed by atoms with E-state index in [-0.39, 0.29) is 0 Å². The maximum absolute atomic E-state index is 5.57. The summed E-state index contributed by atoms with van der Waals surface area (Å²) in [7, 11) is 0. The van der Waals surface area contributed by atoms with Crippen molar-refractivity contribution in [1.82, 2.24) is 9.38 Å². The van der Waals surface area contributed by atoms with E-state index in [9.17, 15) is 0 Å². The van der Waals surface area contributed by atoms with Crippen LogP contribution in [0.1, 0.15) is 18.3 Å². The van der Waals surface area contributed by atoms with Crippen LogP contribution in [0.5, 0.6) is 5.75 Å². The average Bonchev–Trinajstić information content (AvgIpc) is 2.84. The number of benzene rings is 1. The first kappa shape index (κ1) is 14.3. The molecule has 0 aliphatic rings. The number of hydrogen-bond donors (Lipinski definition) is 0. The van der Waals surface area contributed by atoms with Crippen LogP contribution in [0.25, 0.3) is 5.65 Å². The van der Waals surface area contributed by atoms with Crippen LogP contribution in [0.15, 0.2) is 52.7 Å². The molecule has 0 bridgehead atoms. The first-order valence-corrected chi connectivity index (χ1v) is 7.29. The number of hydrogen-bond acceptors (Lipinski definition) is 4. The van der Waals surface area contributed by atoms with Gasteiger partial charge in [0, 0.05) is 5.69 Å². The Labute approximate surface area is 129 Å². The molecule has 1 aromatic carbocycles. The molecule has 0 radical (unpaired) electrons. The van der Waals surface area contributed by atoms with Crippen molar-refractivity contribution in [3.63, 3.8) is 0 Å². The first-order chi connectivity index (χ1) is 10.7. The van der Waals surface area contributed by atoms with Crippen molar-refractivity contribution in [2.45, 2.75) is 20.8 Å². The number of para-hydroxylation sites is 1. The lowest BCUT2D eigenvalue weighted by molar-refractivity contribution is 0.341. The minimum absolute atomic E-state index is 0.598. The van der Waals surface area contributed by atoms with Crippen molar-refractivity contribution < 1.29 is 4.74 Å².